The van der Waals surface area contributed by atoms with Crippen LogP contribution in [0.3, 0.4) is 0 Å². The molecule has 2 unspecified atom stereocenters. The van der Waals surface area contributed by atoms with Gasteiger partial charge in [0.05, 0.1) is 23.2 Å². The average molecular weight is 428 g/mol. The van der Waals surface area contributed by atoms with E-state index < -0.39 is 0 Å². The maximum absolute atomic E-state index is 13.8. The van der Waals surface area contributed by atoms with Gasteiger partial charge in [-0.15, -0.1) is 11.6 Å². The Morgan fingerprint density at radius 1 is 1.03 bits per heavy atom. The molecule has 30 heavy (non-hydrogen) atoms. The molecule has 8 heteroatoms. The number of aromatic amines is 1. The first-order valence-electron chi connectivity index (χ1n) is 10.8. The van der Waals surface area contributed by atoms with Crippen LogP contribution in [0.4, 0.5) is 16.3 Å². The monoisotopic (exact) mass is 427 g/mol. The Kier molecular flexibility index (Phi) is 5.25. The summed E-state index contributed by atoms with van der Waals surface area (Å²) in [6.45, 7) is 2.69. The molecule has 7 nitrogen and oxygen atoms in total. The molecule has 4 heterocycles. The number of carbonyl (C=O) groups is 1. The van der Waals surface area contributed by atoms with Crippen LogP contribution in [0.15, 0.2) is 35.1 Å². The lowest BCUT2D eigenvalue weighted by Crippen LogP contribution is -2.55. The number of nitrogens with one attached hydrogen (secondary N) is 1. The van der Waals surface area contributed by atoms with Crippen LogP contribution in [0.1, 0.15) is 49.5 Å². The summed E-state index contributed by atoms with van der Waals surface area (Å²) in [4.78, 5) is 40.6. The Morgan fingerprint density at radius 2 is 1.77 bits per heavy atom. The van der Waals surface area contributed by atoms with Gasteiger partial charge in [-0.2, -0.15) is 0 Å². The number of para-hydroxylation sites is 1. The van der Waals surface area contributed by atoms with Gasteiger partial charge in [0.25, 0.3) is 5.56 Å². The molecule has 3 aliphatic heterocycles. The molecule has 2 amide bonds. The molecular weight excluding hydrogens is 402 g/mol. The standard InChI is InChI=1S/C22H26ClN5O2/c23-14-17-24-20-18(21(29)25-17)19-16(26-11-6-7-12-26)10-4-5-13-27(19)22(30)28(20)15-8-2-1-3-9-15/h1-3,8-9,16,19H,4-7,10-14H2,(H,24,25,29). The van der Waals surface area contributed by atoms with Crippen LogP contribution in [0.5, 0.6) is 0 Å². The molecule has 5 rings (SSSR count). The maximum atomic E-state index is 13.8. The normalized spacial score (nSPS) is 24.5. The summed E-state index contributed by atoms with van der Waals surface area (Å²) in [5.74, 6) is 0.899. The molecule has 0 aliphatic carbocycles. The van der Waals surface area contributed by atoms with Crippen LogP contribution < -0.4 is 10.5 Å². The number of nitrogens with zero attached hydrogens (tertiary/aromatic N) is 4. The lowest BCUT2D eigenvalue weighted by atomic mass is 9.93. The quantitative estimate of drug-likeness (QED) is 0.757. The number of rotatable bonds is 3. The third-order valence-corrected chi connectivity index (χ3v) is 6.78. The minimum absolute atomic E-state index is 0.0866. The number of halogens is 1. The first-order valence-corrected chi connectivity index (χ1v) is 11.3. The van der Waals surface area contributed by atoms with Crippen LogP contribution in [-0.4, -0.2) is 51.5 Å². The molecule has 158 valence electrons. The van der Waals surface area contributed by atoms with E-state index in [1.165, 1.54) is 12.8 Å². The van der Waals surface area contributed by atoms with Crippen molar-refractivity contribution in [1.29, 1.82) is 0 Å². The van der Waals surface area contributed by atoms with Gasteiger partial charge in [0.1, 0.15) is 5.82 Å². The van der Waals surface area contributed by atoms with E-state index in [9.17, 15) is 9.59 Å². The summed E-state index contributed by atoms with van der Waals surface area (Å²) in [6.07, 6.45) is 5.30. The van der Waals surface area contributed by atoms with E-state index >= 15 is 0 Å². The summed E-state index contributed by atoms with van der Waals surface area (Å²) in [7, 11) is 0. The van der Waals surface area contributed by atoms with Crippen molar-refractivity contribution in [1.82, 2.24) is 19.8 Å². The molecule has 2 fully saturated rings. The second-order valence-electron chi connectivity index (χ2n) is 8.28. The van der Waals surface area contributed by atoms with Gasteiger partial charge in [-0.3, -0.25) is 9.69 Å². The molecule has 3 aliphatic rings. The summed E-state index contributed by atoms with van der Waals surface area (Å²) in [6, 6.07) is 9.19. The van der Waals surface area contributed by atoms with Crippen molar-refractivity contribution in [2.24, 2.45) is 0 Å². The van der Waals surface area contributed by atoms with E-state index in [1.807, 2.05) is 35.2 Å². The van der Waals surface area contributed by atoms with Gasteiger partial charge in [-0.25, -0.2) is 14.7 Å². The molecule has 0 saturated carbocycles. The molecule has 1 aromatic carbocycles. The highest BCUT2D eigenvalue weighted by Gasteiger charge is 2.47. The third kappa shape index (κ3) is 3.20. The fourth-order valence-electron chi connectivity index (χ4n) is 5.20. The number of likely N-dealkylation sites (tertiary alicyclic amines) is 1. The number of hydrogen-bond acceptors (Lipinski definition) is 4. The molecule has 1 N–H and O–H groups in total. The number of carbonyl (C=O) groups excluding carboxylic acids is 1. The number of amides is 2. The van der Waals surface area contributed by atoms with E-state index in [1.54, 1.807) is 4.90 Å². The molecule has 2 aromatic rings. The van der Waals surface area contributed by atoms with Gasteiger partial charge in [0.15, 0.2) is 5.82 Å². The average Bonchev–Trinajstić information content (AvgIpc) is 3.20. The number of anilines is 2. The number of alkyl halides is 1. The zero-order chi connectivity index (χ0) is 20.7. The Hall–Kier alpha value is -2.38. The number of H-pyrrole nitrogens is 1. The lowest BCUT2D eigenvalue weighted by molar-refractivity contribution is 0.114. The van der Waals surface area contributed by atoms with Crippen LogP contribution in [0.25, 0.3) is 0 Å². The Balaban J connectivity index is 1.72. The zero-order valence-electron chi connectivity index (χ0n) is 16.9. The van der Waals surface area contributed by atoms with Crippen molar-refractivity contribution in [3.8, 4) is 0 Å². The van der Waals surface area contributed by atoms with E-state index in [2.05, 4.69) is 14.9 Å². The lowest BCUT2D eigenvalue weighted by Gasteiger charge is -2.45. The van der Waals surface area contributed by atoms with E-state index in [-0.39, 0.29) is 29.6 Å². The van der Waals surface area contributed by atoms with Crippen molar-refractivity contribution in [3.63, 3.8) is 0 Å². The third-order valence-electron chi connectivity index (χ3n) is 6.53. The number of urea groups is 1. The fraction of sp³-hybridized carbons (Fsp3) is 0.500. The van der Waals surface area contributed by atoms with Crippen molar-refractivity contribution in [2.75, 3.05) is 24.5 Å². The smallest absolute Gasteiger partial charge is 0.315 e. The van der Waals surface area contributed by atoms with Crippen molar-refractivity contribution >= 4 is 29.1 Å². The van der Waals surface area contributed by atoms with Crippen molar-refractivity contribution in [2.45, 2.75) is 50.1 Å². The maximum Gasteiger partial charge on any atom is 0.330 e. The first-order chi connectivity index (χ1) is 14.7. The van der Waals surface area contributed by atoms with Gasteiger partial charge in [0.2, 0.25) is 0 Å². The molecule has 0 spiro atoms. The first kappa shape index (κ1) is 19.6. The molecule has 2 saturated heterocycles. The van der Waals surface area contributed by atoms with Crippen molar-refractivity contribution in [3.05, 3.63) is 52.1 Å². The number of benzene rings is 1. The minimum atomic E-state index is -0.284. The van der Waals surface area contributed by atoms with Crippen LogP contribution >= 0.6 is 11.6 Å². The number of aromatic nitrogens is 2. The van der Waals surface area contributed by atoms with Crippen molar-refractivity contribution < 1.29 is 4.79 Å². The second kappa shape index (κ2) is 8.04. The van der Waals surface area contributed by atoms with Crippen LogP contribution in [-0.2, 0) is 5.88 Å². The number of fused-ring (bicyclic) bond motifs is 3. The summed E-state index contributed by atoms with van der Waals surface area (Å²) in [5, 5.41) is 0. The van der Waals surface area contributed by atoms with Gasteiger partial charge in [-0.05, 0) is 50.9 Å². The highest BCUT2D eigenvalue weighted by molar-refractivity contribution is 6.16. The van der Waals surface area contributed by atoms with Gasteiger partial charge < -0.3 is 9.88 Å². The largest absolute Gasteiger partial charge is 0.330 e. The number of hydrogen-bond donors (Lipinski definition) is 1. The molecule has 1 aromatic heterocycles. The predicted molar refractivity (Wildman–Crippen MR) is 116 cm³/mol. The molecule has 0 radical (unpaired) electrons. The van der Waals surface area contributed by atoms with Gasteiger partial charge in [0, 0.05) is 12.6 Å². The van der Waals surface area contributed by atoms with Gasteiger partial charge in [-0.1, -0.05) is 24.6 Å². The summed E-state index contributed by atoms with van der Waals surface area (Å²) < 4.78 is 0. The Bertz CT molecular complexity index is 989. The predicted octanol–water partition coefficient (Wildman–Crippen LogP) is 3.77. The molecule has 2 atom stereocenters. The Labute approximate surface area is 180 Å². The van der Waals surface area contributed by atoms with Crippen LogP contribution in [0, 0.1) is 0 Å². The highest BCUT2D eigenvalue weighted by atomic mass is 35.5. The fourth-order valence-corrected chi connectivity index (χ4v) is 5.33. The molecular formula is C22H26ClN5O2. The Morgan fingerprint density at radius 3 is 2.50 bits per heavy atom. The van der Waals surface area contributed by atoms with Gasteiger partial charge >= 0.3 is 6.03 Å². The topological polar surface area (TPSA) is 72.5 Å². The van der Waals surface area contributed by atoms with E-state index in [0.717, 1.165) is 32.4 Å². The molecule has 0 bridgehead atoms. The van der Waals surface area contributed by atoms with Crippen LogP contribution in [0.2, 0.25) is 0 Å². The summed E-state index contributed by atoms with van der Waals surface area (Å²) >= 11 is 6.01. The minimum Gasteiger partial charge on any atom is -0.315 e. The highest BCUT2D eigenvalue weighted by Crippen LogP contribution is 2.43. The van der Waals surface area contributed by atoms with E-state index in [4.69, 9.17) is 11.6 Å². The second-order valence-corrected chi connectivity index (χ2v) is 8.55. The zero-order valence-corrected chi connectivity index (χ0v) is 17.6. The SMILES string of the molecule is O=C1N(c2ccccc2)c2nc(CCl)[nH]c(=O)c2C2C(N3CCCC3)CCCCN12. The van der Waals surface area contributed by atoms with E-state index in [0.29, 0.717) is 29.4 Å². The summed E-state index contributed by atoms with van der Waals surface area (Å²) in [5.41, 5.74) is 1.11.